The molecule has 0 aliphatic carbocycles. The predicted octanol–water partition coefficient (Wildman–Crippen LogP) is 21.7. The second-order valence-electron chi connectivity index (χ2n) is 10.6. The van der Waals surface area contributed by atoms with Crippen LogP contribution in [0, 0.1) is 50.5 Å². The van der Waals surface area contributed by atoms with E-state index in [0.717, 1.165) is 0 Å². The van der Waals surface area contributed by atoms with Gasteiger partial charge < -0.3 is 29.7 Å². The van der Waals surface area contributed by atoms with E-state index >= 15 is 0 Å². The summed E-state index contributed by atoms with van der Waals surface area (Å²) >= 11 is 0. The molecule has 2 radical (unpaired) electrons. The SMILES string of the molecule is CC.CC.CC.CC.CC.CCC.CCC.CCC.Cc1ccccc1.Cc1ccccc1.Cc1ccccc1.[CH3-].[CH3-].[CH3-].[CH3-].[Y].[Y].c1ccc2ccccc2c1.c1ccccc1. The standard InChI is InChI=1S/C10H8.3C7H8.C6H6.3C3H8.5C2H6.4CH3.2Y/c1-2-6-10-8-4-3-7-9(10)5-1;3*1-7-5-3-2-4-6-7;1-2-4-6-5-3-1;3*1-3-2;5*1-2;;;;;;/h1-8H;3*2-6H,1H3;1-6H;3*3H2,1-2H3;5*1-2H3;4*1H3;;/q;;;;;;;;;;;;;4*-1;;. The summed E-state index contributed by atoms with van der Waals surface area (Å²) in [5, 5.41) is 2.62. The number of fused-ring (bicyclic) bond motifs is 1. The fourth-order valence-electron chi connectivity index (χ4n) is 3.12. The minimum atomic E-state index is 0. The summed E-state index contributed by atoms with van der Waals surface area (Å²) in [5.41, 5.74) is 3.97. The number of hydrogen-bond donors (Lipinski definition) is 0. The summed E-state index contributed by atoms with van der Waals surface area (Å²) in [5.74, 6) is 0. The molecule has 6 aromatic carbocycles. The molecule has 0 bridgehead atoms. The number of hydrogen-bond acceptors (Lipinski definition) is 0. The number of benzene rings is 6. The van der Waals surface area contributed by atoms with E-state index in [9.17, 15) is 0 Å². The Morgan fingerprint density at radius 2 is 0.323 bits per heavy atom. The second-order valence-corrected chi connectivity index (χ2v) is 10.6. The van der Waals surface area contributed by atoms with Gasteiger partial charge in [-0.15, -0.1) is 0 Å². The van der Waals surface area contributed by atoms with E-state index in [1.54, 1.807) is 0 Å². The first-order valence-corrected chi connectivity index (χ1v) is 21.9. The maximum absolute atomic E-state index is 2.12. The van der Waals surface area contributed by atoms with E-state index in [2.05, 4.69) is 147 Å². The number of aryl methyl sites for hydroxylation is 3. The van der Waals surface area contributed by atoms with Crippen LogP contribution in [0.2, 0.25) is 0 Å². The summed E-state index contributed by atoms with van der Waals surface area (Å²) in [6.07, 6.45) is 3.75. The van der Waals surface area contributed by atoms with Crippen LogP contribution in [-0.4, -0.2) is 0 Å². The molecule has 0 heterocycles. The van der Waals surface area contributed by atoms with Gasteiger partial charge in [-0.2, -0.15) is 0 Å². The summed E-state index contributed by atoms with van der Waals surface area (Å²) in [7, 11) is 0. The normalized spacial score (nSPS) is 6.69. The van der Waals surface area contributed by atoms with Crippen LogP contribution in [0.4, 0.5) is 0 Å². The van der Waals surface area contributed by atoms with E-state index < -0.39 is 0 Å². The Bertz CT molecular complexity index is 1190. The second kappa shape index (κ2) is 97.9. The number of rotatable bonds is 0. The largest absolute Gasteiger partial charge is 0.358 e. The van der Waals surface area contributed by atoms with Gasteiger partial charge in [-0.05, 0) is 31.5 Å². The van der Waals surface area contributed by atoms with E-state index in [1.165, 1.54) is 46.7 Å². The van der Waals surface area contributed by atoms with Crippen LogP contribution >= 0.6 is 0 Å². The summed E-state index contributed by atoms with van der Waals surface area (Å²) in [6.45, 7) is 39.0. The third-order valence-electron chi connectivity index (χ3n) is 5.15. The third kappa shape index (κ3) is 88.9. The van der Waals surface area contributed by atoms with Crippen molar-refractivity contribution in [1.29, 1.82) is 0 Å². The van der Waals surface area contributed by atoms with Gasteiger partial charge in [-0.1, -0.05) is 323 Å². The van der Waals surface area contributed by atoms with Gasteiger partial charge in [-0.3, -0.25) is 0 Å². The predicted molar refractivity (Wildman–Crippen MR) is 294 cm³/mol. The van der Waals surface area contributed by atoms with Crippen molar-refractivity contribution in [1.82, 2.24) is 0 Å². The van der Waals surface area contributed by atoms with Crippen LogP contribution in [0.3, 0.4) is 0 Å². The van der Waals surface area contributed by atoms with Crippen LogP contribution in [-0.2, 0) is 65.4 Å². The zero-order chi connectivity index (χ0) is 44.5. The van der Waals surface area contributed by atoms with Crippen LogP contribution in [0.5, 0.6) is 0 Å². The summed E-state index contributed by atoms with van der Waals surface area (Å²) < 4.78 is 0. The van der Waals surface area contributed by atoms with Gasteiger partial charge in [-0.25, -0.2) is 0 Å². The van der Waals surface area contributed by atoms with Crippen molar-refractivity contribution in [3.8, 4) is 0 Å². The molecule has 6 rings (SSSR count). The Kier molecular flexibility index (Phi) is 149. The van der Waals surface area contributed by atoms with Crippen molar-refractivity contribution >= 4 is 10.8 Å². The molecule has 62 heavy (non-hydrogen) atoms. The zero-order valence-corrected chi connectivity index (χ0v) is 51.2. The molecule has 0 nitrogen and oxygen atoms in total. The Labute approximate surface area is 445 Å². The molecular weight excluding hydrogens is 898 g/mol. The van der Waals surface area contributed by atoms with Gasteiger partial charge in [0.15, 0.2) is 0 Å². The Morgan fingerprint density at radius 1 is 0.226 bits per heavy atom. The molecule has 0 saturated carbocycles. The van der Waals surface area contributed by atoms with Crippen molar-refractivity contribution < 1.29 is 65.4 Å². The van der Waals surface area contributed by atoms with Crippen LogP contribution < -0.4 is 0 Å². The van der Waals surface area contributed by atoms with Crippen molar-refractivity contribution in [2.45, 2.75) is 151 Å². The molecule has 0 amide bonds. The van der Waals surface area contributed by atoms with E-state index in [0.29, 0.717) is 0 Å². The van der Waals surface area contributed by atoms with Gasteiger partial charge in [0.2, 0.25) is 0 Å². The average molecular weight is 1000 g/mol. The Morgan fingerprint density at radius 3 is 0.419 bits per heavy atom. The maximum atomic E-state index is 2.12. The van der Waals surface area contributed by atoms with E-state index in [1.807, 2.05) is 160 Å². The Hall–Kier alpha value is -2.21. The van der Waals surface area contributed by atoms with E-state index in [4.69, 9.17) is 0 Å². The van der Waals surface area contributed by atoms with Crippen molar-refractivity contribution in [3.63, 3.8) is 0 Å². The van der Waals surface area contributed by atoms with Crippen LogP contribution in [0.25, 0.3) is 10.8 Å². The molecule has 0 fully saturated rings. The average Bonchev–Trinajstić information content (AvgIpc) is 3.28. The molecule has 6 aromatic rings. The first kappa shape index (κ1) is 94.4. The molecular formula is C60H104Y2-4. The molecule has 354 valence electrons. The topological polar surface area (TPSA) is 0 Å². The van der Waals surface area contributed by atoms with E-state index in [-0.39, 0.29) is 95.1 Å². The smallest absolute Gasteiger partial charge is 0 e. The van der Waals surface area contributed by atoms with Gasteiger partial charge in [0.1, 0.15) is 0 Å². The Balaban J connectivity index is -0.0000000394. The molecule has 2 heteroatoms. The molecule has 0 unspecified atom stereocenters. The summed E-state index contributed by atoms with van der Waals surface area (Å²) in [4.78, 5) is 0. The first-order chi connectivity index (χ1) is 27.4. The van der Waals surface area contributed by atoms with Gasteiger partial charge in [0.05, 0.1) is 0 Å². The fourth-order valence-corrected chi connectivity index (χ4v) is 3.12. The zero-order valence-electron chi connectivity index (χ0n) is 45.5. The van der Waals surface area contributed by atoms with Crippen LogP contribution in [0.1, 0.15) is 147 Å². The third-order valence-corrected chi connectivity index (χ3v) is 5.15. The first-order valence-electron chi connectivity index (χ1n) is 21.9. The fraction of sp³-hybridized carbons (Fsp3) is 0.367. The molecule has 0 aliphatic heterocycles. The van der Waals surface area contributed by atoms with Crippen molar-refractivity contribution in [2.24, 2.45) is 0 Å². The molecule has 0 aliphatic rings. The quantitative estimate of drug-likeness (QED) is 0.133. The van der Waals surface area contributed by atoms with Gasteiger partial charge >= 0.3 is 0 Å². The molecule has 0 spiro atoms. The van der Waals surface area contributed by atoms with Crippen LogP contribution in [0.15, 0.2) is 176 Å². The molecule has 0 aromatic heterocycles. The molecule has 0 saturated heterocycles. The van der Waals surface area contributed by atoms with Gasteiger partial charge in [0, 0.05) is 65.4 Å². The van der Waals surface area contributed by atoms with Gasteiger partial charge in [0.25, 0.3) is 0 Å². The monoisotopic (exact) mass is 1000 g/mol. The maximum Gasteiger partial charge on any atom is 0 e. The molecule has 0 N–H and O–H groups in total. The van der Waals surface area contributed by atoms with Crippen molar-refractivity contribution in [3.05, 3.63) is 222 Å². The molecule has 0 atom stereocenters. The summed E-state index contributed by atoms with van der Waals surface area (Å²) in [6, 6.07) is 59.5. The minimum Gasteiger partial charge on any atom is -0.358 e. The van der Waals surface area contributed by atoms with Crippen molar-refractivity contribution in [2.75, 3.05) is 0 Å². The minimum absolute atomic E-state index is 0.